The highest BCUT2D eigenvalue weighted by Crippen LogP contribution is 2.51. The van der Waals surface area contributed by atoms with Crippen molar-refractivity contribution in [3.63, 3.8) is 0 Å². The summed E-state index contributed by atoms with van der Waals surface area (Å²) < 4.78 is 0.205. The van der Waals surface area contributed by atoms with Crippen LogP contribution in [0, 0.1) is 0 Å². The number of aliphatic hydroxyl groups excluding tert-OH is 1. The molecule has 1 nitrogen and oxygen atoms in total. The summed E-state index contributed by atoms with van der Waals surface area (Å²) in [6, 6.07) is 0. The lowest BCUT2D eigenvalue weighted by Crippen LogP contribution is -2.41. The average Bonchev–Trinajstić information content (AvgIpc) is 2.12. The fourth-order valence-corrected chi connectivity index (χ4v) is 5.51. The van der Waals surface area contributed by atoms with Crippen molar-refractivity contribution in [1.82, 2.24) is 0 Å². The van der Waals surface area contributed by atoms with E-state index in [-0.39, 0.29) is 10.2 Å². The Morgan fingerprint density at radius 2 is 1.83 bits per heavy atom. The molecule has 12 heavy (non-hydrogen) atoms. The van der Waals surface area contributed by atoms with Crippen molar-refractivity contribution < 1.29 is 5.11 Å². The Bertz CT molecular complexity index is 146. The summed E-state index contributed by atoms with van der Waals surface area (Å²) in [5.74, 6) is 2.51. The van der Waals surface area contributed by atoms with E-state index in [0.717, 1.165) is 6.42 Å². The van der Waals surface area contributed by atoms with Crippen LogP contribution in [0.25, 0.3) is 0 Å². The molecule has 2 rings (SSSR count). The standard InChI is InChI=1S/C9H16OS2/c10-8-4-1-2-5-9(8)11-6-3-7-12-9/h8,10H,1-7H2. The monoisotopic (exact) mass is 204 g/mol. The van der Waals surface area contributed by atoms with Gasteiger partial charge in [-0.25, -0.2) is 0 Å². The molecule has 70 valence electrons. The van der Waals surface area contributed by atoms with Crippen molar-refractivity contribution in [3.8, 4) is 0 Å². The minimum Gasteiger partial charge on any atom is -0.391 e. The largest absolute Gasteiger partial charge is 0.391 e. The van der Waals surface area contributed by atoms with Crippen LogP contribution in [0.4, 0.5) is 0 Å². The first-order chi connectivity index (χ1) is 5.83. The van der Waals surface area contributed by atoms with Gasteiger partial charge in [-0.05, 0) is 30.8 Å². The first-order valence-corrected chi connectivity index (χ1v) is 6.77. The van der Waals surface area contributed by atoms with E-state index in [1.54, 1.807) is 0 Å². The summed E-state index contributed by atoms with van der Waals surface area (Å²) in [6.45, 7) is 0. The van der Waals surface area contributed by atoms with Gasteiger partial charge < -0.3 is 5.11 Å². The van der Waals surface area contributed by atoms with Crippen molar-refractivity contribution in [3.05, 3.63) is 0 Å². The maximum Gasteiger partial charge on any atom is 0.0868 e. The van der Waals surface area contributed by atoms with Crippen molar-refractivity contribution in [2.24, 2.45) is 0 Å². The molecule has 0 aromatic carbocycles. The third-order valence-corrected chi connectivity index (χ3v) is 6.36. The fourth-order valence-electron chi connectivity index (χ4n) is 2.02. The van der Waals surface area contributed by atoms with Crippen LogP contribution in [0.15, 0.2) is 0 Å². The van der Waals surface area contributed by atoms with Gasteiger partial charge >= 0.3 is 0 Å². The molecule has 1 atom stereocenters. The molecule has 1 saturated heterocycles. The van der Waals surface area contributed by atoms with Gasteiger partial charge in [-0.15, -0.1) is 23.5 Å². The van der Waals surface area contributed by atoms with Gasteiger partial charge in [0.1, 0.15) is 0 Å². The van der Waals surface area contributed by atoms with E-state index in [4.69, 9.17) is 0 Å². The van der Waals surface area contributed by atoms with Crippen LogP contribution in [0.2, 0.25) is 0 Å². The molecule has 2 aliphatic rings. The summed E-state index contributed by atoms with van der Waals surface area (Å²) in [5, 5.41) is 9.94. The van der Waals surface area contributed by atoms with E-state index < -0.39 is 0 Å². The Hall–Kier alpha value is 0.660. The maximum atomic E-state index is 9.94. The predicted octanol–water partition coefficient (Wildman–Crippen LogP) is 2.49. The SMILES string of the molecule is OC1CCCCC12SCCCS2. The molecule has 1 heterocycles. The Morgan fingerprint density at radius 1 is 1.08 bits per heavy atom. The van der Waals surface area contributed by atoms with Crippen LogP contribution in [0.1, 0.15) is 32.1 Å². The second-order valence-electron chi connectivity index (χ2n) is 3.62. The zero-order valence-corrected chi connectivity index (χ0v) is 8.92. The molecule has 1 unspecified atom stereocenters. The number of hydrogen-bond acceptors (Lipinski definition) is 3. The van der Waals surface area contributed by atoms with E-state index in [1.807, 2.05) is 23.5 Å². The number of rotatable bonds is 0. The topological polar surface area (TPSA) is 20.2 Å². The second-order valence-corrected chi connectivity index (χ2v) is 6.73. The van der Waals surface area contributed by atoms with Crippen LogP contribution < -0.4 is 0 Å². The first-order valence-electron chi connectivity index (χ1n) is 4.79. The average molecular weight is 204 g/mol. The number of hydrogen-bond donors (Lipinski definition) is 1. The summed E-state index contributed by atoms with van der Waals surface area (Å²) in [4.78, 5) is 0. The van der Waals surface area contributed by atoms with E-state index in [2.05, 4.69) is 0 Å². The molecule has 0 aromatic heterocycles. The molecule has 1 N–H and O–H groups in total. The molecule has 0 bridgehead atoms. The van der Waals surface area contributed by atoms with E-state index in [0.29, 0.717) is 0 Å². The lowest BCUT2D eigenvalue weighted by atomic mass is 9.97. The minimum atomic E-state index is -0.0402. The van der Waals surface area contributed by atoms with Gasteiger partial charge in [0.05, 0.1) is 10.2 Å². The van der Waals surface area contributed by atoms with Crippen LogP contribution in [-0.4, -0.2) is 26.8 Å². The van der Waals surface area contributed by atoms with E-state index in [9.17, 15) is 5.11 Å². The van der Waals surface area contributed by atoms with Crippen molar-refractivity contribution in [2.45, 2.75) is 42.3 Å². The first kappa shape index (κ1) is 9.22. The molecule has 0 aromatic rings. The van der Waals surface area contributed by atoms with Crippen LogP contribution in [0.3, 0.4) is 0 Å². The molecule has 1 spiro atoms. The summed E-state index contributed by atoms with van der Waals surface area (Å²) in [5.41, 5.74) is 0. The highest BCUT2D eigenvalue weighted by Gasteiger charge is 2.41. The van der Waals surface area contributed by atoms with Gasteiger partial charge in [-0.2, -0.15) is 0 Å². The minimum absolute atomic E-state index is 0.0402. The predicted molar refractivity (Wildman–Crippen MR) is 56.7 cm³/mol. The lowest BCUT2D eigenvalue weighted by molar-refractivity contribution is 0.125. The zero-order valence-electron chi connectivity index (χ0n) is 7.29. The van der Waals surface area contributed by atoms with Crippen molar-refractivity contribution in [1.29, 1.82) is 0 Å². The maximum absolute atomic E-state index is 9.94. The Labute approximate surface area is 82.7 Å². The van der Waals surface area contributed by atoms with Crippen molar-refractivity contribution >= 4 is 23.5 Å². The molecule has 1 aliphatic carbocycles. The molecular weight excluding hydrogens is 188 g/mol. The molecular formula is C9H16OS2. The summed E-state index contributed by atoms with van der Waals surface area (Å²) in [7, 11) is 0. The molecule has 1 aliphatic heterocycles. The molecule has 0 amide bonds. The van der Waals surface area contributed by atoms with Gasteiger partial charge in [0, 0.05) is 0 Å². The van der Waals surface area contributed by atoms with Gasteiger partial charge in [0.15, 0.2) is 0 Å². The van der Waals surface area contributed by atoms with Gasteiger partial charge in [0.25, 0.3) is 0 Å². The summed E-state index contributed by atoms with van der Waals surface area (Å²) in [6.07, 6.45) is 6.08. The number of thioether (sulfide) groups is 2. The number of aliphatic hydroxyl groups is 1. The smallest absolute Gasteiger partial charge is 0.0868 e. The highest BCUT2D eigenvalue weighted by molar-refractivity contribution is 8.18. The Kier molecular flexibility index (Phi) is 2.93. The highest BCUT2D eigenvalue weighted by atomic mass is 32.2. The molecule has 1 saturated carbocycles. The fraction of sp³-hybridized carbons (Fsp3) is 1.00. The van der Waals surface area contributed by atoms with Crippen molar-refractivity contribution in [2.75, 3.05) is 11.5 Å². The second kappa shape index (κ2) is 3.81. The molecule has 0 radical (unpaired) electrons. The molecule has 3 heteroatoms. The quantitative estimate of drug-likeness (QED) is 0.654. The van der Waals surface area contributed by atoms with Crippen LogP contribution in [0.5, 0.6) is 0 Å². The van der Waals surface area contributed by atoms with E-state index >= 15 is 0 Å². The Balaban J connectivity index is 2.04. The van der Waals surface area contributed by atoms with Crippen LogP contribution >= 0.6 is 23.5 Å². The van der Waals surface area contributed by atoms with Gasteiger partial charge in [-0.1, -0.05) is 12.8 Å². The summed E-state index contributed by atoms with van der Waals surface area (Å²) >= 11 is 4.02. The Morgan fingerprint density at radius 3 is 2.50 bits per heavy atom. The van der Waals surface area contributed by atoms with Gasteiger partial charge in [-0.3, -0.25) is 0 Å². The van der Waals surface area contributed by atoms with Gasteiger partial charge in [0.2, 0.25) is 0 Å². The van der Waals surface area contributed by atoms with Crippen LogP contribution in [-0.2, 0) is 0 Å². The third-order valence-electron chi connectivity index (χ3n) is 2.74. The normalized spacial score (nSPS) is 35.2. The third kappa shape index (κ3) is 1.64. The molecule has 2 fully saturated rings. The zero-order chi connectivity index (χ0) is 8.44. The lowest BCUT2D eigenvalue weighted by Gasteiger charge is -2.42. The van der Waals surface area contributed by atoms with E-state index in [1.165, 1.54) is 37.2 Å².